The van der Waals surface area contributed by atoms with Crippen molar-refractivity contribution in [1.29, 1.82) is 0 Å². The number of aromatic nitrogens is 1. The number of halogens is 2. The van der Waals surface area contributed by atoms with Crippen LogP contribution in [0, 0.1) is 11.6 Å². The molecule has 2 rings (SSSR count). The van der Waals surface area contributed by atoms with Gasteiger partial charge >= 0.3 is 0 Å². The van der Waals surface area contributed by atoms with Crippen LogP contribution in [0.3, 0.4) is 0 Å². The molecular formula is C13H15F2N3O. The third kappa shape index (κ3) is 2.44. The minimum Gasteiger partial charge on any atom is -0.395 e. The minimum absolute atomic E-state index is 0.0642. The first kappa shape index (κ1) is 13.5. The van der Waals surface area contributed by atoms with E-state index in [2.05, 4.69) is 10.3 Å². The lowest BCUT2D eigenvalue weighted by atomic mass is 10.1. The van der Waals surface area contributed by atoms with Crippen LogP contribution in [-0.2, 0) is 0 Å². The third-order valence-electron chi connectivity index (χ3n) is 2.95. The first-order valence-electron chi connectivity index (χ1n) is 5.86. The highest BCUT2D eigenvalue weighted by atomic mass is 19.1. The smallest absolute Gasteiger partial charge is 0.136 e. The van der Waals surface area contributed by atoms with Crippen molar-refractivity contribution in [3.63, 3.8) is 0 Å². The van der Waals surface area contributed by atoms with E-state index in [9.17, 15) is 8.78 Å². The van der Waals surface area contributed by atoms with Gasteiger partial charge in [-0.1, -0.05) is 0 Å². The highest BCUT2D eigenvalue weighted by Gasteiger charge is 2.15. The molecule has 0 unspecified atom stereocenters. The van der Waals surface area contributed by atoms with Gasteiger partial charge in [0.05, 0.1) is 18.5 Å². The number of rotatable bonds is 4. The van der Waals surface area contributed by atoms with Gasteiger partial charge in [0.25, 0.3) is 0 Å². The maximum atomic E-state index is 13.9. The Morgan fingerprint density at radius 3 is 2.74 bits per heavy atom. The molecule has 2 aromatic rings. The SMILES string of the molecule is CNc1cnc(N(C)CCO)c2cc(F)cc(F)c12. The summed E-state index contributed by atoms with van der Waals surface area (Å²) in [5.74, 6) is -0.861. The summed E-state index contributed by atoms with van der Waals surface area (Å²) in [6, 6.07) is 2.09. The number of hydrogen-bond donors (Lipinski definition) is 2. The van der Waals surface area contributed by atoms with Crippen LogP contribution < -0.4 is 10.2 Å². The van der Waals surface area contributed by atoms with E-state index in [1.165, 1.54) is 12.3 Å². The fourth-order valence-electron chi connectivity index (χ4n) is 2.03. The van der Waals surface area contributed by atoms with Crippen molar-refractivity contribution in [2.45, 2.75) is 0 Å². The number of aliphatic hydroxyl groups excluding tert-OH is 1. The van der Waals surface area contributed by atoms with Crippen LogP contribution in [-0.4, -0.2) is 37.3 Å². The zero-order chi connectivity index (χ0) is 14.0. The van der Waals surface area contributed by atoms with Crippen molar-refractivity contribution in [3.8, 4) is 0 Å². The summed E-state index contributed by atoms with van der Waals surface area (Å²) >= 11 is 0. The van der Waals surface area contributed by atoms with Crippen LogP contribution in [0.15, 0.2) is 18.3 Å². The van der Waals surface area contributed by atoms with Crippen LogP contribution in [0.2, 0.25) is 0 Å². The Bertz CT molecular complexity index is 604. The Morgan fingerprint density at radius 2 is 2.11 bits per heavy atom. The molecule has 4 nitrogen and oxygen atoms in total. The molecule has 1 aromatic heterocycles. The van der Waals surface area contributed by atoms with Crippen LogP contribution in [0.5, 0.6) is 0 Å². The van der Waals surface area contributed by atoms with E-state index in [0.29, 0.717) is 28.8 Å². The van der Waals surface area contributed by atoms with E-state index >= 15 is 0 Å². The molecule has 19 heavy (non-hydrogen) atoms. The number of hydrogen-bond acceptors (Lipinski definition) is 4. The van der Waals surface area contributed by atoms with Crippen LogP contribution >= 0.6 is 0 Å². The number of anilines is 2. The number of aliphatic hydroxyl groups is 1. The molecule has 1 heterocycles. The number of likely N-dealkylation sites (N-methyl/N-ethyl adjacent to an activating group) is 1. The van der Waals surface area contributed by atoms with Gasteiger partial charge in [0.2, 0.25) is 0 Å². The van der Waals surface area contributed by atoms with E-state index in [1.807, 2.05) is 0 Å². The Hall–Kier alpha value is -1.95. The van der Waals surface area contributed by atoms with E-state index in [0.717, 1.165) is 6.07 Å². The summed E-state index contributed by atoms with van der Waals surface area (Å²) in [6.45, 7) is 0.268. The Kier molecular flexibility index (Phi) is 3.80. The van der Waals surface area contributed by atoms with Crippen molar-refractivity contribution >= 4 is 22.3 Å². The second kappa shape index (κ2) is 5.36. The van der Waals surface area contributed by atoms with Gasteiger partial charge in [0.15, 0.2) is 0 Å². The summed E-state index contributed by atoms with van der Waals surface area (Å²) in [5.41, 5.74) is 0.494. The Morgan fingerprint density at radius 1 is 1.37 bits per heavy atom. The predicted octanol–water partition coefficient (Wildman–Crippen LogP) is 1.98. The summed E-state index contributed by atoms with van der Waals surface area (Å²) in [5, 5.41) is 12.5. The molecule has 0 bridgehead atoms. The molecule has 0 aliphatic carbocycles. The molecule has 0 aliphatic heterocycles. The zero-order valence-corrected chi connectivity index (χ0v) is 10.7. The zero-order valence-electron chi connectivity index (χ0n) is 10.7. The van der Waals surface area contributed by atoms with Crippen molar-refractivity contribution in [2.24, 2.45) is 0 Å². The van der Waals surface area contributed by atoms with Gasteiger partial charge in [-0.15, -0.1) is 0 Å². The molecule has 0 saturated carbocycles. The first-order chi connectivity index (χ1) is 9.08. The maximum Gasteiger partial charge on any atom is 0.136 e. The molecule has 0 radical (unpaired) electrons. The van der Waals surface area contributed by atoms with Crippen molar-refractivity contribution < 1.29 is 13.9 Å². The summed E-state index contributed by atoms with van der Waals surface area (Å²) < 4.78 is 27.4. The van der Waals surface area contributed by atoms with Crippen molar-refractivity contribution in [2.75, 3.05) is 37.5 Å². The van der Waals surface area contributed by atoms with E-state index < -0.39 is 11.6 Å². The third-order valence-corrected chi connectivity index (χ3v) is 2.95. The lowest BCUT2D eigenvalue weighted by molar-refractivity contribution is 0.304. The quantitative estimate of drug-likeness (QED) is 0.889. The van der Waals surface area contributed by atoms with Crippen molar-refractivity contribution in [3.05, 3.63) is 30.0 Å². The van der Waals surface area contributed by atoms with Crippen LogP contribution in [0.25, 0.3) is 10.8 Å². The lowest BCUT2D eigenvalue weighted by Crippen LogP contribution is -2.22. The molecule has 0 aliphatic rings. The largest absolute Gasteiger partial charge is 0.395 e. The Labute approximate surface area is 109 Å². The molecule has 2 N–H and O–H groups in total. The van der Waals surface area contributed by atoms with Gasteiger partial charge in [-0.25, -0.2) is 13.8 Å². The topological polar surface area (TPSA) is 48.4 Å². The number of fused-ring (bicyclic) bond motifs is 1. The second-order valence-electron chi connectivity index (χ2n) is 4.20. The highest BCUT2D eigenvalue weighted by molar-refractivity contribution is 6.00. The average Bonchev–Trinajstić information content (AvgIpc) is 2.37. The van der Waals surface area contributed by atoms with Gasteiger partial charge in [-0.3, -0.25) is 0 Å². The lowest BCUT2D eigenvalue weighted by Gasteiger charge is -2.20. The number of pyridine rings is 1. The summed E-state index contributed by atoms with van der Waals surface area (Å²) in [6.07, 6.45) is 1.49. The first-order valence-corrected chi connectivity index (χ1v) is 5.86. The summed E-state index contributed by atoms with van der Waals surface area (Å²) in [4.78, 5) is 5.85. The highest BCUT2D eigenvalue weighted by Crippen LogP contribution is 2.32. The molecule has 0 fully saturated rings. The molecular weight excluding hydrogens is 252 g/mol. The van der Waals surface area contributed by atoms with Crippen molar-refractivity contribution in [1.82, 2.24) is 4.98 Å². The molecule has 6 heteroatoms. The normalized spacial score (nSPS) is 10.8. The van der Waals surface area contributed by atoms with E-state index in [1.54, 1.807) is 19.0 Å². The van der Waals surface area contributed by atoms with Crippen LogP contribution in [0.4, 0.5) is 20.3 Å². The standard InChI is InChI=1S/C13H15F2N3O/c1-16-11-7-17-13(18(2)3-4-19)9-5-8(14)6-10(15)12(9)11/h5-7,16,19H,3-4H2,1-2H3. The number of nitrogens with one attached hydrogen (secondary N) is 1. The molecule has 0 amide bonds. The molecule has 0 atom stereocenters. The molecule has 102 valence electrons. The summed E-state index contributed by atoms with van der Waals surface area (Å²) in [7, 11) is 3.36. The molecule has 1 aromatic carbocycles. The van der Waals surface area contributed by atoms with Crippen LogP contribution in [0.1, 0.15) is 0 Å². The fourth-order valence-corrected chi connectivity index (χ4v) is 2.03. The van der Waals surface area contributed by atoms with E-state index in [-0.39, 0.29) is 6.61 Å². The number of benzene rings is 1. The fraction of sp³-hybridized carbons (Fsp3) is 0.308. The van der Waals surface area contributed by atoms with Gasteiger partial charge in [-0.05, 0) is 6.07 Å². The predicted molar refractivity (Wildman–Crippen MR) is 71.6 cm³/mol. The monoisotopic (exact) mass is 267 g/mol. The van der Waals surface area contributed by atoms with Gasteiger partial charge < -0.3 is 15.3 Å². The molecule has 0 spiro atoms. The van der Waals surface area contributed by atoms with E-state index in [4.69, 9.17) is 5.11 Å². The van der Waals surface area contributed by atoms with Gasteiger partial charge in [0, 0.05) is 37.5 Å². The average molecular weight is 267 g/mol. The van der Waals surface area contributed by atoms with Gasteiger partial charge in [-0.2, -0.15) is 0 Å². The minimum atomic E-state index is -0.654. The maximum absolute atomic E-state index is 13.9. The Balaban J connectivity index is 2.73. The molecule has 0 saturated heterocycles. The number of nitrogens with zero attached hydrogens (tertiary/aromatic N) is 2. The second-order valence-corrected chi connectivity index (χ2v) is 4.20. The van der Waals surface area contributed by atoms with Gasteiger partial charge in [0.1, 0.15) is 17.5 Å².